The highest BCUT2D eigenvalue weighted by Crippen LogP contribution is 2.36. The molecule has 0 saturated heterocycles. The van der Waals surface area contributed by atoms with Crippen LogP contribution in [0, 0.1) is 0 Å². The molecule has 0 unspecified atom stereocenters. The van der Waals surface area contributed by atoms with Crippen LogP contribution in [0.2, 0.25) is 0 Å². The van der Waals surface area contributed by atoms with Crippen LogP contribution in [0.4, 0.5) is 5.69 Å². The average Bonchev–Trinajstić information content (AvgIpc) is 3.07. The molecule has 134 valence electrons. The predicted molar refractivity (Wildman–Crippen MR) is 104 cm³/mol. The van der Waals surface area contributed by atoms with E-state index in [0.29, 0.717) is 33.7 Å². The second-order valence-corrected chi connectivity index (χ2v) is 6.43. The Morgan fingerprint density at radius 2 is 2.00 bits per heavy atom. The number of nitrogens with one attached hydrogen (secondary N) is 1. The fourth-order valence-corrected chi connectivity index (χ4v) is 2.88. The quantitative estimate of drug-likeness (QED) is 0.479. The van der Waals surface area contributed by atoms with E-state index in [0.717, 1.165) is 5.56 Å². The Labute approximate surface area is 155 Å². The Balaban J connectivity index is 1.69. The molecule has 0 radical (unpaired) electrons. The van der Waals surface area contributed by atoms with Crippen molar-refractivity contribution in [3.8, 4) is 11.5 Å². The van der Waals surface area contributed by atoms with Crippen LogP contribution in [0.1, 0.15) is 18.1 Å². The molecule has 3 N–H and O–H groups in total. The van der Waals surface area contributed by atoms with Crippen LogP contribution in [-0.2, 0) is 10.5 Å². The number of carbonyl (C=O) groups is 1. The lowest BCUT2D eigenvalue weighted by molar-refractivity contribution is -0.114. The van der Waals surface area contributed by atoms with Gasteiger partial charge in [-0.3, -0.25) is 4.79 Å². The lowest BCUT2D eigenvalue weighted by Gasteiger charge is -2.07. The summed E-state index contributed by atoms with van der Waals surface area (Å²) < 4.78 is 10.7. The number of nitrogens with two attached hydrogens (primary N) is 1. The first-order chi connectivity index (χ1) is 12.6. The molecule has 0 aliphatic carbocycles. The van der Waals surface area contributed by atoms with Crippen molar-refractivity contribution in [3.05, 3.63) is 53.6 Å². The summed E-state index contributed by atoms with van der Waals surface area (Å²) >= 11 is 1.40. The Morgan fingerprint density at radius 1 is 1.27 bits per heavy atom. The zero-order chi connectivity index (χ0) is 18.4. The number of anilines is 1. The molecule has 0 bridgehead atoms. The van der Waals surface area contributed by atoms with Gasteiger partial charge >= 0.3 is 0 Å². The van der Waals surface area contributed by atoms with Gasteiger partial charge in [0.25, 0.3) is 0 Å². The molecule has 2 aromatic carbocycles. The molecule has 2 aromatic rings. The van der Waals surface area contributed by atoms with Crippen molar-refractivity contribution in [2.24, 2.45) is 15.9 Å². The van der Waals surface area contributed by atoms with Crippen LogP contribution in [-0.4, -0.2) is 24.1 Å². The SMILES string of the molecule is CC(=O)Nc1cc2c(cc1C=NN=C(N)SCc1ccccc1)OCO2. The fraction of sp³-hybridized carbons (Fsp3) is 0.167. The Morgan fingerprint density at radius 3 is 2.73 bits per heavy atom. The molecule has 1 aliphatic heterocycles. The lowest BCUT2D eigenvalue weighted by Crippen LogP contribution is -2.08. The zero-order valence-electron chi connectivity index (χ0n) is 14.1. The van der Waals surface area contributed by atoms with Crippen molar-refractivity contribution in [1.82, 2.24) is 0 Å². The number of benzene rings is 2. The van der Waals surface area contributed by atoms with Crippen LogP contribution in [0.3, 0.4) is 0 Å². The smallest absolute Gasteiger partial charge is 0.231 e. The first kappa shape index (κ1) is 17.8. The maximum atomic E-state index is 11.4. The van der Waals surface area contributed by atoms with E-state index in [9.17, 15) is 4.79 Å². The standard InChI is InChI=1S/C18H18N4O3S/c1-12(23)21-15-8-17-16(24-11-25-17)7-14(15)9-20-22-18(19)26-10-13-5-3-2-4-6-13/h2-9H,10-11H2,1H3,(H2,19,22)(H,21,23). The highest BCUT2D eigenvalue weighted by molar-refractivity contribution is 8.13. The number of carbonyl (C=O) groups excluding carboxylic acids is 1. The normalized spacial score (nSPS) is 13.2. The van der Waals surface area contributed by atoms with E-state index in [1.165, 1.54) is 24.9 Å². The van der Waals surface area contributed by atoms with Crippen molar-refractivity contribution in [2.45, 2.75) is 12.7 Å². The van der Waals surface area contributed by atoms with Crippen molar-refractivity contribution in [3.63, 3.8) is 0 Å². The van der Waals surface area contributed by atoms with Gasteiger partial charge in [0.1, 0.15) is 0 Å². The largest absolute Gasteiger partial charge is 0.454 e. The van der Waals surface area contributed by atoms with E-state index in [-0.39, 0.29) is 12.7 Å². The highest BCUT2D eigenvalue weighted by atomic mass is 32.2. The first-order valence-electron chi connectivity index (χ1n) is 7.86. The Hall–Kier alpha value is -3.00. The Kier molecular flexibility index (Phi) is 5.75. The van der Waals surface area contributed by atoms with Gasteiger partial charge in [-0.05, 0) is 11.6 Å². The molecule has 0 saturated carbocycles. The minimum absolute atomic E-state index is 0.149. The highest BCUT2D eigenvalue weighted by Gasteiger charge is 2.17. The number of nitrogens with zero attached hydrogens (tertiary/aromatic N) is 2. The maximum Gasteiger partial charge on any atom is 0.231 e. The molecule has 0 atom stereocenters. The Bertz CT molecular complexity index is 853. The van der Waals surface area contributed by atoms with Crippen molar-refractivity contribution >= 4 is 34.7 Å². The van der Waals surface area contributed by atoms with Crippen LogP contribution in [0.5, 0.6) is 11.5 Å². The number of thioether (sulfide) groups is 1. The molecule has 0 fully saturated rings. The van der Waals surface area contributed by atoms with Gasteiger partial charge in [0.05, 0.1) is 11.9 Å². The number of hydrogen-bond acceptors (Lipinski definition) is 6. The van der Waals surface area contributed by atoms with E-state index in [2.05, 4.69) is 15.5 Å². The number of rotatable bonds is 5. The van der Waals surface area contributed by atoms with E-state index in [1.54, 1.807) is 12.1 Å². The summed E-state index contributed by atoms with van der Waals surface area (Å²) in [5.74, 6) is 1.69. The number of hydrogen-bond donors (Lipinski definition) is 2. The van der Waals surface area contributed by atoms with E-state index < -0.39 is 0 Å². The maximum absolute atomic E-state index is 11.4. The van der Waals surface area contributed by atoms with Crippen molar-refractivity contribution < 1.29 is 14.3 Å². The van der Waals surface area contributed by atoms with Crippen LogP contribution in [0.25, 0.3) is 0 Å². The van der Waals surface area contributed by atoms with Crippen LogP contribution >= 0.6 is 11.8 Å². The summed E-state index contributed by atoms with van der Waals surface area (Å²) in [7, 11) is 0. The van der Waals surface area contributed by atoms with Crippen molar-refractivity contribution in [1.29, 1.82) is 0 Å². The minimum atomic E-state index is -0.194. The molecule has 3 rings (SSSR count). The van der Waals surface area contributed by atoms with Gasteiger partial charge in [-0.15, -0.1) is 5.10 Å². The average molecular weight is 370 g/mol. The molecule has 1 aliphatic rings. The molecule has 8 heteroatoms. The van der Waals surface area contributed by atoms with Gasteiger partial charge in [0.15, 0.2) is 16.7 Å². The summed E-state index contributed by atoms with van der Waals surface area (Å²) in [5.41, 5.74) is 8.25. The lowest BCUT2D eigenvalue weighted by atomic mass is 10.1. The third-order valence-corrected chi connectivity index (χ3v) is 4.29. The third kappa shape index (κ3) is 4.76. The molecule has 0 aromatic heterocycles. The number of fused-ring (bicyclic) bond motifs is 1. The van der Waals surface area contributed by atoms with Gasteiger partial charge in [-0.1, -0.05) is 42.1 Å². The van der Waals surface area contributed by atoms with Gasteiger partial charge in [-0.2, -0.15) is 5.10 Å². The summed E-state index contributed by atoms with van der Waals surface area (Å²) in [6.07, 6.45) is 1.52. The van der Waals surface area contributed by atoms with E-state index in [1.807, 2.05) is 30.3 Å². The van der Waals surface area contributed by atoms with Crippen molar-refractivity contribution in [2.75, 3.05) is 12.1 Å². The minimum Gasteiger partial charge on any atom is -0.454 e. The molecule has 7 nitrogen and oxygen atoms in total. The second-order valence-electron chi connectivity index (χ2n) is 5.43. The summed E-state index contributed by atoms with van der Waals surface area (Å²) in [4.78, 5) is 11.4. The van der Waals surface area contributed by atoms with Gasteiger partial charge in [-0.25, -0.2) is 0 Å². The van der Waals surface area contributed by atoms with E-state index >= 15 is 0 Å². The number of ether oxygens (including phenoxy) is 2. The van der Waals surface area contributed by atoms with E-state index in [4.69, 9.17) is 15.2 Å². The first-order valence-corrected chi connectivity index (χ1v) is 8.85. The summed E-state index contributed by atoms with van der Waals surface area (Å²) in [5, 5.41) is 11.1. The van der Waals surface area contributed by atoms with Crippen LogP contribution < -0.4 is 20.5 Å². The molecule has 1 heterocycles. The molecular weight excluding hydrogens is 352 g/mol. The van der Waals surface area contributed by atoms with Gasteiger partial charge < -0.3 is 20.5 Å². The summed E-state index contributed by atoms with van der Waals surface area (Å²) in [6, 6.07) is 13.4. The van der Waals surface area contributed by atoms with Gasteiger partial charge in [0, 0.05) is 24.3 Å². The second kappa shape index (κ2) is 8.39. The predicted octanol–water partition coefficient (Wildman–Crippen LogP) is 2.96. The zero-order valence-corrected chi connectivity index (χ0v) is 15.0. The monoisotopic (exact) mass is 370 g/mol. The topological polar surface area (TPSA) is 98.3 Å². The molecule has 26 heavy (non-hydrogen) atoms. The fourth-order valence-electron chi connectivity index (χ4n) is 2.27. The molecular formula is C18H18N4O3S. The number of amidine groups is 1. The summed E-state index contributed by atoms with van der Waals surface area (Å²) in [6.45, 7) is 1.58. The molecule has 1 amide bonds. The van der Waals surface area contributed by atoms with Gasteiger partial charge in [0.2, 0.25) is 12.7 Å². The number of amides is 1. The third-order valence-electron chi connectivity index (χ3n) is 3.44. The van der Waals surface area contributed by atoms with Crippen LogP contribution in [0.15, 0.2) is 52.7 Å². The molecule has 0 spiro atoms.